The van der Waals surface area contributed by atoms with E-state index in [0.29, 0.717) is 28.1 Å². The average molecular weight is 300 g/mol. The van der Waals surface area contributed by atoms with E-state index >= 15 is 0 Å². The molecule has 110 valence electrons. The van der Waals surface area contributed by atoms with Crippen LogP contribution >= 0.6 is 0 Å². The molecule has 0 unspecified atom stereocenters. The van der Waals surface area contributed by atoms with Crippen molar-refractivity contribution in [3.63, 3.8) is 0 Å². The Morgan fingerprint density at radius 1 is 1.00 bits per heavy atom. The van der Waals surface area contributed by atoms with Crippen LogP contribution in [0, 0.1) is 6.92 Å². The summed E-state index contributed by atoms with van der Waals surface area (Å²) in [6.07, 6.45) is 1.74. The summed E-state index contributed by atoms with van der Waals surface area (Å²) >= 11 is 0. The van der Waals surface area contributed by atoms with Crippen LogP contribution in [0.25, 0.3) is 27.6 Å². The molecule has 0 spiro atoms. The van der Waals surface area contributed by atoms with E-state index in [2.05, 4.69) is 4.98 Å². The molecule has 0 bridgehead atoms. The first-order valence-corrected chi connectivity index (χ1v) is 7.45. The van der Waals surface area contributed by atoms with E-state index in [1.54, 1.807) is 6.20 Å². The van der Waals surface area contributed by atoms with Gasteiger partial charge in [-0.15, -0.1) is 0 Å². The molecule has 4 heteroatoms. The number of hydrogen-bond acceptors (Lipinski definition) is 3. The lowest BCUT2D eigenvalue weighted by Crippen LogP contribution is -2.15. The molecule has 23 heavy (non-hydrogen) atoms. The minimum Gasteiger partial charge on any atom is -0.451 e. The molecule has 1 aliphatic rings. The molecule has 0 atom stereocenters. The topological polar surface area (TPSA) is 44.1 Å². The maximum Gasteiger partial charge on any atom is 0.197 e. The third-order valence-corrected chi connectivity index (χ3v) is 4.29. The molecule has 3 heterocycles. The van der Waals surface area contributed by atoms with E-state index in [1.807, 2.05) is 60.0 Å². The van der Waals surface area contributed by atoms with Gasteiger partial charge in [0.15, 0.2) is 22.7 Å². The van der Waals surface area contributed by atoms with Crippen molar-refractivity contribution < 1.29 is 4.74 Å². The summed E-state index contributed by atoms with van der Waals surface area (Å²) in [4.78, 5) is 17.4. The molecule has 5 rings (SSSR count). The van der Waals surface area contributed by atoms with E-state index in [1.165, 1.54) is 0 Å². The smallest absolute Gasteiger partial charge is 0.197 e. The Labute approximate surface area is 131 Å². The molecule has 2 aromatic carbocycles. The van der Waals surface area contributed by atoms with Crippen molar-refractivity contribution in [2.75, 3.05) is 0 Å². The third-order valence-electron chi connectivity index (χ3n) is 4.29. The van der Waals surface area contributed by atoms with Gasteiger partial charge in [0.05, 0.1) is 10.9 Å². The van der Waals surface area contributed by atoms with Crippen molar-refractivity contribution in [1.29, 1.82) is 0 Å². The predicted molar refractivity (Wildman–Crippen MR) is 89.7 cm³/mol. The molecule has 4 nitrogen and oxygen atoms in total. The molecule has 0 fully saturated rings. The lowest BCUT2D eigenvalue weighted by atomic mass is 10.1. The highest BCUT2D eigenvalue weighted by Gasteiger charge is 2.23. The highest BCUT2D eigenvalue weighted by atomic mass is 16.5. The van der Waals surface area contributed by atoms with Crippen LogP contribution in [0.1, 0.15) is 5.56 Å². The standard InChI is InChI=1S/C19H12N2O2/c1-11-7-8-12-14(10-11)21-17-13(18(12)22)4-2-5-15(17)23-16-6-3-9-20-19(16)21/h2-10H,1H3. The zero-order valence-electron chi connectivity index (χ0n) is 12.4. The molecule has 0 saturated heterocycles. The van der Waals surface area contributed by atoms with E-state index in [0.717, 1.165) is 16.6 Å². The summed E-state index contributed by atoms with van der Waals surface area (Å²) in [5.41, 5.74) is 2.76. The molecular weight excluding hydrogens is 288 g/mol. The molecule has 0 radical (unpaired) electrons. The molecular formula is C19H12N2O2. The van der Waals surface area contributed by atoms with Gasteiger partial charge in [-0.2, -0.15) is 0 Å². The van der Waals surface area contributed by atoms with Gasteiger partial charge in [0.25, 0.3) is 0 Å². The average Bonchev–Trinajstić information content (AvgIpc) is 2.58. The number of pyridine rings is 2. The van der Waals surface area contributed by atoms with E-state index in [9.17, 15) is 4.79 Å². The van der Waals surface area contributed by atoms with Crippen molar-refractivity contribution in [3.8, 4) is 17.3 Å². The molecule has 0 N–H and O–H groups in total. The first kappa shape index (κ1) is 12.4. The normalized spacial score (nSPS) is 12.2. The number of rotatable bonds is 0. The molecule has 1 aliphatic heterocycles. The number of fused-ring (bicyclic) bond motifs is 4. The summed E-state index contributed by atoms with van der Waals surface area (Å²) in [5, 5.41) is 1.34. The second-order valence-electron chi connectivity index (χ2n) is 5.76. The zero-order valence-corrected chi connectivity index (χ0v) is 12.4. The highest BCUT2D eigenvalue weighted by molar-refractivity contribution is 5.99. The van der Waals surface area contributed by atoms with Crippen molar-refractivity contribution in [1.82, 2.24) is 9.55 Å². The van der Waals surface area contributed by atoms with Crippen LogP contribution < -0.4 is 10.2 Å². The van der Waals surface area contributed by atoms with Gasteiger partial charge in [-0.3, -0.25) is 9.36 Å². The van der Waals surface area contributed by atoms with Crippen molar-refractivity contribution in [2.24, 2.45) is 0 Å². The molecule has 0 amide bonds. The van der Waals surface area contributed by atoms with E-state index in [4.69, 9.17) is 4.74 Å². The fraction of sp³-hybridized carbons (Fsp3) is 0.0526. The van der Waals surface area contributed by atoms with Crippen molar-refractivity contribution in [2.45, 2.75) is 6.92 Å². The Balaban J connectivity index is 2.15. The molecule has 4 aromatic rings. The van der Waals surface area contributed by atoms with E-state index in [-0.39, 0.29) is 5.43 Å². The van der Waals surface area contributed by atoms with Gasteiger partial charge >= 0.3 is 0 Å². The molecule has 2 aromatic heterocycles. The van der Waals surface area contributed by atoms with Gasteiger partial charge in [-0.05, 0) is 48.9 Å². The van der Waals surface area contributed by atoms with Crippen molar-refractivity contribution in [3.05, 3.63) is 70.5 Å². The van der Waals surface area contributed by atoms with Crippen LogP contribution in [0.4, 0.5) is 0 Å². The van der Waals surface area contributed by atoms with Gasteiger partial charge in [0.2, 0.25) is 0 Å². The number of hydrogen-bond donors (Lipinski definition) is 0. The quantitative estimate of drug-likeness (QED) is 0.407. The lowest BCUT2D eigenvalue weighted by Gasteiger charge is -2.23. The van der Waals surface area contributed by atoms with Crippen LogP contribution in [0.3, 0.4) is 0 Å². The number of aromatic nitrogens is 2. The largest absolute Gasteiger partial charge is 0.451 e. The number of para-hydroxylation sites is 1. The first-order chi connectivity index (χ1) is 11.2. The van der Waals surface area contributed by atoms with Crippen molar-refractivity contribution >= 4 is 21.8 Å². The summed E-state index contributed by atoms with van der Waals surface area (Å²) in [6, 6.07) is 15.2. The van der Waals surface area contributed by atoms with Crippen LogP contribution in [0.15, 0.2) is 59.5 Å². The fourth-order valence-electron chi connectivity index (χ4n) is 3.27. The minimum absolute atomic E-state index is 0.0241. The van der Waals surface area contributed by atoms with Gasteiger partial charge in [-0.1, -0.05) is 12.1 Å². The Morgan fingerprint density at radius 3 is 2.78 bits per heavy atom. The number of aryl methyl sites for hydroxylation is 1. The van der Waals surface area contributed by atoms with Gasteiger partial charge < -0.3 is 4.74 Å². The number of ether oxygens (including phenoxy) is 1. The van der Waals surface area contributed by atoms with Gasteiger partial charge in [-0.25, -0.2) is 4.98 Å². The third kappa shape index (κ3) is 1.55. The summed E-state index contributed by atoms with van der Waals surface area (Å²) in [7, 11) is 0. The number of nitrogens with zero attached hydrogens (tertiary/aromatic N) is 2. The maximum atomic E-state index is 12.9. The molecule has 0 saturated carbocycles. The Bertz CT molecular complexity index is 1180. The van der Waals surface area contributed by atoms with Crippen LogP contribution in [0.5, 0.6) is 11.5 Å². The van der Waals surface area contributed by atoms with E-state index < -0.39 is 0 Å². The summed E-state index contributed by atoms with van der Waals surface area (Å²) < 4.78 is 8.00. The van der Waals surface area contributed by atoms with Crippen LogP contribution in [-0.4, -0.2) is 9.55 Å². The van der Waals surface area contributed by atoms with Gasteiger partial charge in [0, 0.05) is 11.6 Å². The fourth-order valence-corrected chi connectivity index (χ4v) is 3.27. The Morgan fingerprint density at radius 2 is 1.87 bits per heavy atom. The first-order valence-electron chi connectivity index (χ1n) is 7.45. The maximum absolute atomic E-state index is 12.9. The monoisotopic (exact) mass is 300 g/mol. The Kier molecular flexibility index (Phi) is 2.26. The SMILES string of the molecule is Cc1ccc2c(=O)c3cccc4c3n(c2c1)-c1ncccc1O4. The van der Waals surface area contributed by atoms with Gasteiger partial charge in [0.1, 0.15) is 5.52 Å². The molecule has 0 aliphatic carbocycles. The predicted octanol–water partition coefficient (Wildman–Crippen LogP) is 3.95. The van der Waals surface area contributed by atoms with Crippen LogP contribution in [0.2, 0.25) is 0 Å². The summed E-state index contributed by atoms with van der Waals surface area (Å²) in [5.74, 6) is 2.09. The lowest BCUT2D eigenvalue weighted by molar-refractivity contribution is 0.472. The summed E-state index contributed by atoms with van der Waals surface area (Å²) in [6.45, 7) is 2.02. The highest BCUT2D eigenvalue weighted by Crippen LogP contribution is 2.40. The Hall–Kier alpha value is -3.14. The second kappa shape index (κ2) is 4.20. The number of benzene rings is 2. The minimum atomic E-state index is 0.0241. The van der Waals surface area contributed by atoms with Crippen LogP contribution in [-0.2, 0) is 0 Å². The zero-order chi connectivity index (χ0) is 15.6. The second-order valence-corrected chi connectivity index (χ2v) is 5.76.